The third kappa shape index (κ3) is 4.37. The quantitative estimate of drug-likeness (QED) is 0.455. The minimum Gasteiger partial charge on any atom is -0.495 e. The van der Waals surface area contributed by atoms with E-state index in [9.17, 15) is 4.79 Å². The van der Waals surface area contributed by atoms with Crippen molar-refractivity contribution in [3.63, 3.8) is 0 Å². The maximum atomic E-state index is 13.6. The van der Waals surface area contributed by atoms with E-state index < -0.39 is 0 Å². The summed E-state index contributed by atoms with van der Waals surface area (Å²) in [6, 6.07) is 4.99. The fourth-order valence-electron chi connectivity index (χ4n) is 3.32. The number of aromatic nitrogens is 2. The topological polar surface area (TPSA) is 56.6 Å². The largest absolute Gasteiger partial charge is 0.495 e. The van der Waals surface area contributed by atoms with Crippen LogP contribution in [0.2, 0.25) is 15.2 Å². The molecule has 0 aliphatic heterocycles. The molecule has 2 aromatic heterocycles. The lowest BCUT2D eigenvalue weighted by Gasteiger charge is -2.18. The summed E-state index contributed by atoms with van der Waals surface area (Å²) in [5, 5.41) is 1.53. The first-order valence-corrected chi connectivity index (χ1v) is 10.4. The van der Waals surface area contributed by atoms with Crippen molar-refractivity contribution in [3.8, 4) is 22.6 Å². The van der Waals surface area contributed by atoms with Crippen molar-refractivity contribution < 1.29 is 9.47 Å². The van der Waals surface area contributed by atoms with Gasteiger partial charge in [0.15, 0.2) is 0 Å². The molecule has 6 nitrogen and oxygen atoms in total. The lowest BCUT2D eigenvalue weighted by molar-refractivity contribution is 0.386. The first-order valence-electron chi connectivity index (χ1n) is 9.22. The molecule has 0 aliphatic carbocycles. The van der Waals surface area contributed by atoms with Crippen LogP contribution in [-0.2, 0) is 6.54 Å². The molecule has 160 valence electrons. The predicted octanol–water partition coefficient (Wildman–Crippen LogP) is 4.99. The number of rotatable bonds is 7. The van der Waals surface area contributed by atoms with E-state index in [2.05, 4.69) is 9.88 Å². The maximum Gasteiger partial charge on any atom is 0.259 e. The molecule has 0 aliphatic rings. The molecule has 0 bridgehead atoms. The van der Waals surface area contributed by atoms with Crippen molar-refractivity contribution in [1.29, 1.82) is 0 Å². The summed E-state index contributed by atoms with van der Waals surface area (Å²) >= 11 is 19.2. The van der Waals surface area contributed by atoms with Gasteiger partial charge in [0, 0.05) is 29.8 Å². The van der Waals surface area contributed by atoms with Crippen molar-refractivity contribution >= 4 is 45.7 Å². The highest BCUT2D eigenvalue weighted by atomic mass is 35.5. The van der Waals surface area contributed by atoms with Gasteiger partial charge in [-0.15, -0.1) is 0 Å². The molecular formula is C21H22Cl3N3O3. The zero-order valence-electron chi connectivity index (χ0n) is 17.1. The highest BCUT2D eigenvalue weighted by molar-refractivity contribution is 6.41. The maximum absolute atomic E-state index is 13.6. The van der Waals surface area contributed by atoms with Gasteiger partial charge in [0.25, 0.3) is 5.56 Å². The second-order valence-electron chi connectivity index (χ2n) is 7.02. The van der Waals surface area contributed by atoms with Crippen LogP contribution in [0, 0.1) is 0 Å². The Morgan fingerprint density at radius 3 is 2.23 bits per heavy atom. The molecule has 0 N–H and O–H groups in total. The van der Waals surface area contributed by atoms with Gasteiger partial charge in [-0.25, -0.2) is 4.98 Å². The summed E-state index contributed by atoms with van der Waals surface area (Å²) < 4.78 is 12.4. The molecular weight excluding hydrogens is 449 g/mol. The third-order valence-electron chi connectivity index (χ3n) is 4.77. The van der Waals surface area contributed by atoms with E-state index in [1.54, 1.807) is 29.0 Å². The Labute approximate surface area is 189 Å². The average molecular weight is 471 g/mol. The molecule has 3 aromatic rings. The normalized spacial score (nSPS) is 11.3. The molecule has 0 amide bonds. The van der Waals surface area contributed by atoms with Crippen LogP contribution in [0.25, 0.3) is 22.0 Å². The van der Waals surface area contributed by atoms with Crippen LogP contribution >= 0.6 is 34.8 Å². The molecule has 0 fully saturated rings. The number of hydrogen-bond donors (Lipinski definition) is 0. The van der Waals surface area contributed by atoms with Crippen molar-refractivity contribution in [3.05, 3.63) is 49.9 Å². The lowest BCUT2D eigenvalue weighted by Crippen LogP contribution is -2.25. The summed E-state index contributed by atoms with van der Waals surface area (Å²) in [5.74, 6) is 0.724. The van der Waals surface area contributed by atoms with Gasteiger partial charge in [0.2, 0.25) is 0 Å². The molecule has 0 unspecified atom stereocenters. The second-order valence-corrected chi connectivity index (χ2v) is 8.16. The van der Waals surface area contributed by atoms with Crippen molar-refractivity contribution in [2.75, 3.05) is 34.9 Å². The minimum atomic E-state index is -0.234. The Morgan fingerprint density at radius 2 is 1.67 bits per heavy atom. The number of pyridine rings is 2. The number of nitrogens with zero attached hydrogens (tertiary/aromatic N) is 3. The Balaban J connectivity index is 2.32. The van der Waals surface area contributed by atoms with Gasteiger partial charge in [-0.3, -0.25) is 4.79 Å². The second kappa shape index (κ2) is 9.43. The molecule has 3 rings (SSSR count). The summed E-state index contributed by atoms with van der Waals surface area (Å²) in [4.78, 5) is 19.8. The van der Waals surface area contributed by atoms with Crippen molar-refractivity contribution in [2.24, 2.45) is 0 Å². The molecule has 9 heteroatoms. The minimum absolute atomic E-state index is 0.234. The number of hydrogen-bond acceptors (Lipinski definition) is 5. The summed E-state index contributed by atoms with van der Waals surface area (Å²) in [6.07, 6.45) is 2.40. The Morgan fingerprint density at radius 1 is 1.03 bits per heavy atom. The van der Waals surface area contributed by atoms with Crippen molar-refractivity contribution in [2.45, 2.75) is 13.0 Å². The van der Waals surface area contributed by atoms with Gasteiger partial charge in [-0.2, -0.15) is 0 Å². The van der Waals surface area contributed by atoms with Crippen LogP contribution in [0.4, 0.5) is 0 Å². The van der Waals surface area contributed by atoms with Gasteiger partial charge in [-0.05, 0) is 39.2 Å². The lowest BCUT2D eigenvalue weighted by atomic mass is 10.0. The first kappa shape index (κ1) is 22.7. The van der Waals surface area contributed by atoms with E-state index >= 15 is 0 Å². The summed E-state index contributed by atoms with van der Waals surface area (Å²) in [6.45, 7) is 1.32. The van der Waals surface area contributed by atoms with Crippen molar-refractivity contribution in [1.82, 2.24) is 14.5 Å². The Kier molecular flexibility index (Phi) is 7.14. The number of fused-ring (bicyclic) bond motifs is 1. The summed E-state index contributed by atoms with van der Waals surface area (Å²) in [5.41, 5.74) is 1.16. The van der Waals surface area contributed by atoms with E-state index in [0.717, 1.165) is 18.4 Å². The molecule has 0 spiro atoms. The molecule has 1 aromatic carbocycles. The zero-order chi connectivity index (χ0) is 22.0. The third-order valence-corrected chi connectivity index (χ3v) is 5.73. The van der Waals surface area contributed by atoms with Gasteiger partial charge < -0.3 is 18.9 Å². The predicted molar refractivity (Wildman–Crippen MR) is 123 cm³/mol. The molecule has 0 saturated carbocycles. The first-order chi connectivity index (χ1) is 14.3. The monoisotopic (exact) mass is 469 g/mol. The van der Waals surface area contributed by atoms with Gasteiger partial charge in [-0.1, -0.05) is 34.8 Å². The van der Waals surface area contributed by atoms with Gasteiger partial charge >= 0.3 is 0 Å². The number of methoxy groups -OCH3 is 2. The van der Waals surface area contributed by atoms with E-state index in [0.29, 0.717) is 39.8 Å². The fourth-order valence-corrected chi connectivity index (χ4v) is 4.17. The van der Waals surface area contributed by atoms with Crippen LogP contribution in [0.15, 0.2) is 29.2 Å². The number of ether oxygens (including phenoxy) is 2. The molecule has 30 heavy (non-hydrogen) atoms. The van der Waals surface area contributed by atoms with E-state index in [1.165, 1.54) is 14.2 Å². The number of halogens is 3. The highest BCUT2D eigenvalue weighted by Gasteiger charge is 2.22. The molecule has 2 heterocycles. The number of aryl methyl sites for hydroxylation is 1. The molecule has 0 saturated heterocycles. The summed E-state index contributed by atoms with van der Waals surface area (Å²) in [7, 11) is 6.95. The highest BCUT2D eigenvalue weighted by Crippen LogP contribution is 2.45. The van der Waals surface area contributed by atoms with Crippen LogP contribution in [0.3, 0.4) is 0 Å². The van der Waals surface area contributed by atoms with Crippen LogP contribution in [0.1, 0.15) is 6.42 Å². The average Bonchev–Trinajstić information content (AvgIpc) is 2.70. The van der Waals surface area contributed by atoms with Gasteiger partial charge in [0.1, 0.15) is 16.7 Å². The fraction of sp³-hybridized carbons (Fsp3) is 0.333. The standard InChI is InChI=1S/C21H22Cl3N3O3/c1-26(2)6-5-7-27-14-9-17(22)25-11-12(14)8-13(21(27)28)18-19(23)15(29-3)10-16(30-4)20(18)24/h8-11H,5-7H2,1-4H3. The van der Waals surface area contributed by atoms with E-state index in [-0.39, 0.29) is 15.6 Å². The molecule has 0 atom stereocenters. The van der Waals surface area contributed by atoms with E-state index in [1.807, 2.05) is 14.1 Å². The molecule has 0 radical (unpaired) electrons. The van der Waals surface area contributed by atoms with E-state index in [4.69, 9.17) is 44.3 Å². The smallest absolute Gasteiger partial charge is 0.259 e. The van der Waals surface area contributed by atoms with Crippen LogP contribution < -0.4 is 15.0 Å². The zero-order valence-corrected chi connectivity index (χ0v) is 19.4. The SMILES string of the molecule is COc1cc(OC)c(Cl)c(-c2cc3cnc(Cl)cc3n(CCCN(C)C)c2=O)c1Cl. The van der Waals surface area contributed by atoms with Crippen LogP contribution in [-0.4, -0.2) is 49.3 Å². The number of benzene rings is 1. The van der Waals surface area contributed by atoms with Crippen LogP contribution in [0.5, 0.6) is 11.5 Å². The Hall–Kier alpha value is -1.99. The van der Waals surface area contributed by atoms with Gasteiger partial charge in [0.05, 0.1) is 35.3 Å². The Bertz CT molecular complexity index is 1120.